The highest BCUT2D eigenvalue weighted by Gasteiger charge is 2.29. The topological polar surface area (TPSA) is 111 Å². The van der Waals surface area contributed by atoms with Gasteiger partial charge in [-0.25, -0.2) is 4.79 Å². The van der Waals surface area contributed by atoms with Crippen molar-refractivity contribution < 1.29 is 24.5 Å². The number of hydrogen-bond acceptors (Lipinski definition) is 7. The fourth-order valence-corrected chi connectivity index (χ4v) is 4.20. The molecule has 36 heavy (non-hydrogen) atoms. The Morgan fingerprint density at radius 3 is 2.28 bits per heavy atom. The van der Waals surface area contributed by atoms with E-state index in [1.165, 1.54) is 7.11 Å². The summed E-state index contributed by atoms with van der Waals surface area (Å²) in [5.74, 6) is -0.735. The summed E-state index contributed by atoms with van der Waals surface area (Å²) in [7, 11) is 1.32. The molecule has 1 heterocycles. The summed E-state index contributed by atoms with van der Waals surface area (Å²) in [6.07, 6.45) is 0. The first-order chi connectivity index (χ1) is 17.5. The fourth-order valence-electron chi connectivity index (χ4n) is 4.20. The molecule has 0 atom stereocenters. The van der Waals surface area contributed by atoms with Crippen molar-refractivity contribution in [3.8, 4) is 0 Å². The molecule has 0 radical (unpaired) electrons. The van der Waals surface area contributed by atoms with Gasteiger partial charge in [-0.3, -0.25) is 9.69 Å². The number of anilines is 2. The number of methoxy groups -OCH3 is 1. The highest BCUT2D eigenvalue weighted by molar-refractivity contribution is 6.37. The number of hydrogen-bond donors (Lipinski definition) is 4. The van der Waals surface area contributed by atoms with Crippen LogP contribution in [-0.2, 0) is 16.1 Å². The van der Waals surface area contributed by atoms with Crippen LogP contribution in [0.25, 0.3) is 11.3 Å². The maximum absolute atomic E-state index is 13.1. The van der Waals surface area contributed by atoms with E-state index in [1.807, 2.05) is 59.5 Å². The van der Waals surface area contributed by atoms with Crippen molar-refractivity contribution >= 4 is 34.5 Å². The van der Waals surface area contributed by atoms with Gasteiger partial charge in [-0.2, -0.15) is 0 Å². The lowest BCUT2D eigenvalue weighted by Gasteiger charge is -2.20. The summed E-state index contributed by atoms with van der Waals surface area (Å²) in [5, 5.41) is 24.8. The Labute approximate surface area is 209 Å². The second-order valence-corrected chi connectivity index (χ2v) is 8.37. The van der Waals surface area contributed by atoms with Crippen molar-refractivity contribution in [2.45, 2.75) is 6.54 Å². The van der Waals surface area contributed by atoms with Crippen LogP contribution in [0, 0.1) is 0 Å². The third-order valence-corrected chi connectivity index (χ3v) is 5.96. The Morgan fingerprint density at radius 2 is 1.64 bits per heavy atom. The normalized spacial score (nSPS) is 13.8. The van der Waals surface area contributed by atoms with Gasteiger partial charge in [0.25, 0.3) is 5.91 Å². The molecule has 186 valence electrons. The maximum atomic E-state index is 13.1. The number of amides is 1. The van der Waals surface area contributed by atoms with E-state index in [0.717, 1.165) is 16.8 Å². The summed E-state index contributed by atoms with van der Waals surface area (Å²) in [6, 6.07) is 22.4. The number of fused-ring (bicyclic) bond motifs is 1. The van der Waals surface area contributed by atoms with Crippen LogP contribution < -0.4 is 10.6 Å². The molecule has 4 rings (SSSR count). The van der Waals surface area contributed by atoms with Crippen LogP contribution in [0.15, 0.2) is 72.8 Å². The lowest BCUT2D eigenvalue weighted by molar-refractivity contribution is -0.110. The van der Waals surface area contributed by atoms with Gasteiger partial charge in [0.15, 0.2) is 0 Å². The SMILES string of the molecule is COC(=O)c1ccc2c(c1)NC(=O)/C2=C(\Nc1ccc(CN(CCO)CCO)cc1)c1ccccc1. The number of rotatable bonds is 10. The van der Waals surface area contributed by atoms with Gasteiger partial charge in [0.05, 0.1) is 42.8 Å². The molecule has 0 bridgehead atoms. The molecule has 0 saturated heterocycles. The van der Waals surface area contributed by atoms with E-state index in [9.17, 15) is 19.8 Å². The standard InChI is InChI=1S/C28H29N3O5/c1-36-28(35)21-9-12-23-24(17-21)30-27(34)25(23)26(20-5-3-2-4-6-20)29-22-10-7-19(8-11-22)18-31(13-15-32)14-16-33/h2-12,17,29,32-33H,13-16,18H2,1H3,(H,30,34)/b26-25-. The minimum Gasteiger partial charge on any atom is -0.465 e. The van der Waals surface area contributed by atoms with Gasteiger partial charge in [0, 0.05) is 30.9 Å². The van der Waals surface area contributed by atoms with E-state index in [4.69, 9.17) is 4.74 Å². The number of carbonyl (C=O) groups excluding carboxylic acids is 2. The number of benzene rings is 3. The van der Waals surface area contributed by atoms with Crippen molar-refractivity contribution in [2.75, 3.05) is 44.0 Å². The minimum atomic E-state index is -0.470. The quantitative estimate of drug-likeness (QED) is 0.257. The Hall–Kier alpha value is -3.98. The number of aliphatic hydroxyl groups excluding tert-OH is 2. The molecule has 0 aliphatic carbocycles. The second-order valence-electron chi connectivity index (χ2n) is 8.37. The maximum Gasteiger partial charge on any atom is 0.337 e. The van der Waals surface area contributed by atoms with Crippen LogP contribution in [0.2, 0.25) is 0 Å². The van der Waals surface area contributed by atoms with E-state index in [2.05, 4.69) is 10.6 Å². The molecule has 0 spiro atoms. The first-order valence-electron chi connectivity index (χ1n) is 11.7. The van der Waals surface area contributed by atoms with Crippen LogP contribution in [0.5, 0.6) is 0 Å². The van der Waals surface area contributed by atoms with Crippen LogP contribution in [0.3, 0.4) is 0 Å². The van der Waals surface area contributed by atoms with Crippen LogP contribution in [0.4, 0.5) is 11.4 Å². The van der Waals surface area contributed by atoms with E-state index in [1.54, 1.807) is 18.2 Å². The zero-order chi connectivity index (χ0) is 25.5. The Kier molecular flexibility index (Phi) is 8.12. The molecule has 3 aromatic rings. The number of aliphatic hydroxyl groups is 2. The van der Waals surface area contributed by atoms with Gasteiger partial charge in [-0.15, -0.1) is 0 Å². The predicted molar refractivity (Wildman–Crippen MR) is 139 cm³/mol. The van der Waals surface area contributed by atoms with Crippen molar-refractivity contribution in [1.82, 2.24) is 4.90 Å². The van der Waals surface area contributed by atoms with Crippen molar-refractivity contribution in [1.29, 1.82) is 0 Å². The Bertz CT molecular complexity index is 1250. The molecule has 8 nitrogen and oxygen atoms in total. The summed E-state index contributed by atoms with van der Waals surface area (Å²) < 4.78 is 4.80. The summed E-state index contributed by atoms with van der Waals surface area (Å²) in [6.45, 7) is 1.62. The molecule has 3 aromatic carbocycles. The first-order valence-corrected chi connectivity index (χ1v) is 11.7. The molecule has 0 unspecified atom stereocenters. The Morgan fingerprint density at radius 1 is 0.944 bits per heavy atom. The van der Waals surface area contributed by atoms with E-state index in [-0.39, 0.29) is 19.1 Å². The largest absolute Gasteiger partial charge is 0.465 e. The average Bonchev–Trinajstić information content (AvgIpc) is 3.23. The number of ether oxygens (including phenoxy) is 1. The third-order valence-electron chi connectivity index (χ3n) is 5.96. The molecule has 4 N–H and O–H groups in total. The fraction of sp³-hybridized carbons (Fsp3) is 0.214. The molecular weight excluding hydrogens is 458 g/mol. The average molecular weight is 488 g/mol. The van der Waals surface area contributed by atoms with Crippen molar-refractivity contribution in [3.05, 3.63) is 95.1 Å². The lowest BCUT2D eigenvalue weighted by Crippen LogP contribution is -2.29. The predicted octanol–water partition coefficient (Wildman–Crippen LogP) is 3.19. The Balaban J connectivity index is 1.68. The number of carbonyl (C=O) groups is 2. The van der Waals surface area contributed by atoms with E-state index < -0.39 is 5.97 Å². The number of nitrogens with one attached hydrogen (secondary N) is 2. The molecule has 1 aliphatic heterocycles. The van der Waals surface area contributed by atoms with Crippen LogP contribution in [-0.4, -0.2) is 60.4 Å². The van der Waals surface area contributed by atoms with Crippen LogP contribution >= 0.6 is 0 Å². The smallest absolute Gasteiger partial charge is 0.337 e. The van der Waals surface area contributed by atoms with Gasteiger partial charge in [-0.1, -0.05) is 48.5 Å². The zero-order valence-corrected chi connectivity index (χ0v) is 20.0. The van der Waals surface area contributed by atoms with Gasteiger partial charge in [-0.05, 0) is 35.4 Å². The number of nitrogens with zero attached hydrogens (tertiary/aromatic N) is 1. The first kappa shape index (κ1) is 25.1. The van der Waals surface area contributed by atoms with Gasteiger partial charge < -0.3 is 25.6 Å². The van der Waals surface area contributed by atoms with Gasteiger partial charge in [0.2, 0.25) is 0 Å². The lowest BCUT2D eigenvalue weighted by atomic mass is 9.99. The summed E-state index contributed by atoms with van der Waals surface area (Å²) in [4.78, 5) is 27.0. The van der Waals surface area contributed by atoms with Crippen LogP contribution in [0.1, 0.15) is 27.0 Å². The molecule has 0 fully saturated rings. The molecule has 1 aliphatic rings. The van der Waals surface area contributed by atoms with Crippen molar-refractivity contribution in [2.24, 2.45) is 0 Å². The van der Waals surface area contributed by atoms with Gasteiger partial charge in [0.1, 0.15) is 0 Å². The third kappa shape index (κ3) is 5.63. The summed E-state index contributed by atoms with van der Waals surface area (Å²) >= 11 is 0. The molecule has 1 amide bonds. The number of esters is 1. The molecule has 0 aromatic heterocycles. The molecular formula is C28H29N3O5. The highest BCUT2D eigenvalue weighted by Crippen LogP contribution is 2.38. The molecule has 0 saturated carbocycles. The summed E-state index contributed by atoms with van der Waals surface area (Å²) in [5.41, 5.74) is 5.41. The highest BCUT2D eigenvalue weighted by atomic mass is 16.5. The zero-order valence-electron chi connectivity index (χ0n) is 20.0. The molecule has 8 heteroatoms. The monoisotopic (exact) mass is 487 g/mol. The van der Waals surface area contributed by atoms with Gasteiger partial charge >= 0.3 is 5.97 Å². The van der Waals surface area contributed by atoms with Crippen molar-refractivity contribution in [3.63, 3.8) is 0 Å². The van der Waals surface area contributed by atoms with E-state index in [0.29, 0.717) is 47.7 Å². The minimum absolute atomic E-state index is 0.0261. The second kappa shape index (κ2) is 11.6. The van der Waals surface area contributed by atoms with E-state index >= 15 is 0 Å².